The number of rotatable bonds is 5. The number of nitrogens with one attached hydrogen (secondary N) is 1. The molecule has 0 saturated carbocycles. The van der Waals surface area contributed by atoms with Gasteiger partial charge >= 0.3 is 0 Å². The molecule has 106 valence electrons. The largest absolute Gasteiger partial charge is 0.313 e. The van der Waals surface area contributed by atoms with Crippen LogP contribution in [0.25, 0.3) is 0 Å². The number of hydrogen-bond acceptors (Lipinski definition) is 2. The van der Waals surface area contributed by atoms with Crippen molar-refractivity contribution in [2.24, 2.45) is 5.92 Å². The first kappa shape index (κ1) is 15.0. The maximum absolute atomic E-state index is 3.64. The Kier molecular flexibility index (Phi) is 5.86. The highest BCUT2D eigenvalue weighted by Gasteiger charge is 2.15. The number of piperidine rings is 1. The highest BCUT2D eigenvalue weighted by Crippen LogP contribution is 2.20. The van der Waals surface area contributed by atoms with Crippen LogP contribution in [0.3, 0.4) is 0 Å². The Morgan fingerprint density at radius 3 is 2.74 bits per heavy atom. The first-order chi connectivity index (χ1) is 9.15. The molecule has 0 aliphatic carbocycles. The molecule has 3 heteroatoms. The van der Waals surface area contributed by atoms with Crippen LogP contribution in [0.5, 0.6) is 0 Å². The van der Waals surface area contributed by atoms with Crippen molar-refractivity contribution in [3.63, 3.8) is 0 Å². The van der Waals surface area contributed by atoms with Gasteiger partial charge in [0, 0.05) is 11.0 Å². The summed E-state index contributed by atoms with van der Waals surface area (Å²) in [6.07, 6.45) is 4.05. The van der Waals surface area contributed by atoms with E-state index < -0.39 is 0 Å². The first-order valence-corrected chi connectivity index (χ1v) is 8.09. The molecule has 0 spiro atoms. The predicted octanol–water partition coefficient (Wildman–Crippen LogP) is 3.58. The highest BCUT2D eigenvalue weighted by molar-refractivity contribution is 9.10. The van der Waals surface area contributed by atoms with Gasteiger partial charge in [-0.15, -0.1) is 0 Å². The molecule has 1 N–H and O–H groups in total. The van der Waals surface area contributed by atoms with Crippen LogP contribution in [0.2, 0.25) is 0 Å². The molecular formula is C16H25BrN2. The molecule has 0 bridgehead atoms. The summed E-state index contributed by atoms with van der Waals surface area (Å²) in [5.41, 5.74) is 2.66. The fourth-order valence-corrected chi connectivity index (χ4v) is 3.31. The molecule has 0 atom stereocenters. The van der Waals surface area contributed by atoms with Gasteiger partial charge in [0.15, 0.2) is 0 Å². The molecule has 0 amide bonds. The molecule has 1 aliphatic rings. The van der Waals surface area contributed by atoms with Gasteiger partial charge in [-0.1, -0.05) is 28.1 Å². The summed E-state index contributed by atoms with van der Waals surface area (Å²) >= 11 is 3.64. The molecule has 2 nitrogen and oxygen atoms in total. The van der Waals surface area contributed by atoms with Crippen LogP contribution >= 0.6 is 15.9 Å². The van der Waals surface area contributed by atoms with Crippen LogP contribution < -0.4 is 5.32 Å². The Balaban J connectivity index is 1.66. The summed E-state index contributed by atoms with van der Waals surface area (Å²) in [5, 5.41) is 3.58. The smallest absolute Gasteiger partial charge is 0.0222 e. The van der Waals surface area contributed by atoms with Crippen molar-refractivity contribution in [2.45, 2.75) is 32.7 Å². The van der Waals surface area contributed by atoms with E-state index in [2.05, 4.69) is 58.3 Å². The number of benzene rings is 1. The van der Waals surface area contributed by atoms with Crippen molar-refractivity contribution < 1.29 is 0 Å². The third kappa shape index (κ3) is 4.90. The van der Waals surface area contributed by atoms with Gasteiger partial charge in [0.1, 0.15) is 0 Å². The average molecular weight is 325 g/mol. The fraction of sp³-hybridized carbons (Fsp3) is 0.625. The van der Waals surface area contributed by atoms with E-state index in [-0.39, 0.29) is 0 Å². The summed E-state index contributed by atoms with van der Waals surface area (Å²) in [4.78, 5) is 2.44. The number of halogens is 1. The molecule has 0 unspecified atom stereocenters. The second-order valence-electron chi connectivity index (χ2n) is 5.81. The minimum atomic E-state index is 0.921. The van der Waals surface area contributed by atoms with Crippen molar-refractivity contribution in [1.29, 1.82) is 0 Å². The number of aryl methyl sites for hydroxylation is 1. The number of nitrogens with zero attached hydrogens (tertiary/aromatic N) is 1. The van der Waals surface area contributed by atoms with Gasteiger partial charge in [0.2, 0.25) is 0 Å². The Hall–Kier alpha value is -0.380. The third-order valence-electron chi connectivity index (χ3n) is 4.09. The van der Waals surface area contributed by atoms with Gasteiger partial charge in [-0.05, 0) is 76.0 Å². The molecule has 0 radical (unpaired) electrons. The minimum absolute atomic E-state index is 0.921. The predicted molar refractivity (Wildman–Crippen MR) is 85.4 cm³/mol. The quantitative estimate of drug-likeness (QED) is 0.833. The van der Waals surface area contributed by atoms with E-state index in [0.717, 1.165) is 19.0 Å². The molecule has 1 aromatic carbocycles. The summed E-state index contributed by atoms with van der Waals surface area (Å²) in [5.74, 6) is 0.921. The second-order valence-corrected chi connectivity index (χ2v) is 6.66. The van der Waals surface area contributed by atoms with E-state index in [1.54, 1.807) is 0 Å². The van der Waals surface area contributed by atoms with Crippen molar-refractivity contribution in [3.05, 3.63) is 33.8 Å². The van der Waals surface area contributed by atoms with Gasteiger partial charge in [-0.25, -0.2) is 0 Å². The van der Waals surface area contributed by atoms with E-state index in [9.17, 15) is 0 Å². The lowest BCUT2D eigenvalue weighted by Gasteiger charge is -2.28. The molecule has 19 heavy (non-hydrogen) atoms. The molecule has 2 rings (SSSR count). The number of hydrogen-bond donors (Lipinski definition) is 1. The van der Waals surface area contributed by atoms with Crippen LogP contribution in [0.15, 0.2) is 22.7 Å². The molecule has 0 aromatic heterocycles. The standard InChI is InChI=1S/C16H25BrN2/c1-13-3-4-15(16(17)11-13)12-18-8-5-14-6-9-19(2)10-7-14/h3-4,11,14,18H,5-10,12H2,1-2H3. The maximum Gasteiger partial charge on any atom is 0.0222 e. The van der Waals surface area contributed by atoms with Crippen LogP contribution in [0, 0.1) is 12.8 Å². The van der Waals surface area contributed by atoms with Crippen molar-refractivity contribution >= 4 is 15.9 Å². The van der Waals surface area contributed by atoms with E-state index in [4.69, 9.17) is 0 Å². The SMILES string of the molecule is Cc1ccc(CNCCC2CCN(C)CC2)c(Br)c1. The zero-order valence-corrected chi connectivity index (χ0v) is 13.7. The van der Waals surface area contributed by atoms with E-state index >= 15 is 0 Å². The minimum Gasteiger partial charge on any atom is -0.313 e. The van der Waals surface area contributed by atoms with E-state index in [1.165, 1.54) is 48.0 Å². The molecule has 1 heterocycles. The summed E-state index contributed by atoms with van der Waals surface area (Å²) in [6, 6.07) is 6.58. The van der Waals surface area contributed by atoms with Crippen LogP contribution in [-0.4, -0.2) is 31.6 Å². The Bertz CT molecular complexity index is 398. The van der Waals surface area contributed by atoms with Crippen molar-refractivity contribution in [1.82, 2.24) is 10.2 Å². The zero-order valence-electron chi connectivity index (χ0n) is 12.1. The lowest BCUT2D eigenvalue weighted by molar-refractivity contribution is 0.211. The average Bonchev–Trinajstić information content (AvgIpc) is 2.39. The molecule has 1 aliphatic heterocycles. The zero-order chi connectivity index (χ0) is 13.7. The van der Waals surface area contributed by atoms with Crippen molar-refractivity contribution in [3.8, 4) is 0 Å². The van der Waals surface area contributed by atoms with Gasteiger partial charge in [-0.3, -0.25) is 0 Å². The topological polar surface area (TPSA) is 15.3 Å². The highest BCUT2D eigenvalue weighted by atomic mass is 79.9. The summed E-state index contributed by atoms with van der Waals surface area (Å²) in [6.45, 7) is 6.77. The van der Waals surface area contributed by atoms with E-state index in [1.807, 2.05) is 0 Å². The monoisotopic (exact) mass is 324 g/mol. The Morgan fingerprint density at radius 1 is 1.32 bits per heavy atom. The lowest BCUT2D eigenvalue weighted by atomic mass is 9.94. The van der Waals surface area contributed by atoms with Crippen LogP contribution in [0.4, 0.5) is 0 Å². The second kappa shape index (κ2) is 7.41. The van der Waals surface area contributed by atoms with Gasteiger partial charge in [-0.2, -0.15) is 0 Å². The molecule has 1 aromatic rings. The van der Waals surface area contributed by atoms with E-state index in [0.29, 0.717) is 0 Å². The third-order valence-corrected chi connectivity index (χ3v) is 4.83. The molecule has 1 fully saturated rings. The molecular weight excluding hydrogens is 300 g/mol. The van der Waals surface area contributed by atoms with Gasteiger partial charge in [0.25, 0.3) is 0 Å². The molecule has 1 saturated heterocycles. The van der Waals surface area contributed by atoms with Crippen LogP contribution in [0.1, 0.15) is 30.4 Å². The maximum atomic E-state index is 3.64. The fourth-order valence-electron chi connectivity index (χ4n) is 2.68. The van der Waals surface area contributed by atoms with Crippen molar-refractivity contribution in [2.75, 3.05) is 26.7 Å². The number of likely N-dealkylation sites (tertiary alicyclic amines) is 1. The summed E-state index contributed by atoms with van der Waals surface area (Å²) in [7, 11) is 2.23. The summed E-state index contributed by atoms with van der Waals surface area (Å²) < 4.78 is 1.22. The Morgan fingerprint density at radius 2 is 2.05 bits per heavy atom. The Labute approximate surface area is 125 Å². The van der Waals surface area contributed by atoms with Gasteiger partial charge < -0.3 is 10.2 Å². The first-order valence-electron chi connectivity index (χ1n) is 7.29. The van der Waals surface area contributed by atoms with Crippen LogP contribution in [-0.2, 0) is 6.54 Å². The lowest BCUT2D eigenvalue weighted by Crippen LogP contribution is -2.31. The van der Waals surface area contributed by atoms with Gasteiger partial charge in [0.05, 0.1) is 0 Å². The normalized spacial score (nSPS) is 17.8.